The molecule has 0 bridgehead atoms. The Kier molecular flexibility index (Phi) is 6.15. The molecule has 0 radical (unpaired) electrons. The van der Waals surface area contributed by atoms with Gasteiger partial charge in [0, 0.05) is 29.2 Å². The van der Waals surface area contributed by atoms with E-state index in [1.165, 1.54) is 5.01 Å². The van der Waals surface area contributed by atoms with Crippen LogP contribution >= 0.6 is 11.3 Å². The van der Waals surface area contributed by atoms with Crippen LogP contribution in [0.15, 0.2) is 60.0 Å². The Hall–Kier alpha value is -2.50. The topological polar surface area (TPSA) is 54.0 Å². The Labute approximate surface area is 158 Å². The minimum atomic E-state index is -0.0991. The number of hydrogen-bond acceptors (Lipinski definition) is 4. The van der Waals surface area contributed by atoms with E-state index in [0.29, 0.717) is 5.56 Å². The quantitative estimate of drug-likeness (QED) is 0.632. The van der Waals surface area contributed by atoms with Crippen LogP contribution in [0.3, 0.4) is 0 Å². The normalized spacial score (nSPS) is 11.9. The standard InChI is InChI=1S/C21H23N3OS/c1-3-20-23-19(14-26-20)13-22-15(2)17-10-7-11-18(12-17)24-21(25)16-8-5-4-6-9-16/h4-12,14-15,22H,3,13H2,1-2H3,(H,24,25)/t15-/m0/s1. The van der Waals surface area contributed by atoms with Gasteiger partial charge in [0.1, 0.15) is 0 Å². The SMILES string of the molecule is CCc1nc(CN[C@@H](C)c2cccc(NC(=O)c3ccccc3)c2)cs1. The number of benzene rings is 2. The molecule has 0 unspecified atom stereocenters. The number of carbonyl (C=O) groups excluding carboxylic acids is 1. The largest absolute Gasteiger partial charge is 0.322 e. The maximum absolute atomic E-state index is 12.3. The molecular formula is C21H23N3OS. The Morgan fingerprint density at radius 1 is 1.15 bits per heavy atom. The smallest absolute Gasteiger partial charge is 0.255 e. The first kappa shape index (κ1) is 18.3. The van der Waals surface area contributed by atoms with Crippen molar-refractivity contribution in [2.45, 2.75) is 32.9 Å². The van der Waals surface area contributed by atoms with Gasteiger partial charge in [0.2, 0.25) is 0 Å². The minimum absolute atomic E-state index is 0.0991. The van der Waals surface area contributed by atoms with Crippen LogP contribution in [0.2, 0.25) is 0 Å². The van der Waals surface area contributed by atoms with Crippen molar-refractivity contribution in [3.05, 3.63) is 81.8 Å². The zero-order chi connectivity index (χ0) is 18.4. The first-order chi connectivity index (χ1) is 12.7. The van der Waals surface area contributed by atoms with Crippen molar-refractivity contribution in [1.82, 2.24) is 10.3 Å². The Bertz CT molecular complexity index is 860. The van der Waals surface area contributed by atoms with E-state index >= 15 is 0 Å². The molecule has 0 aliphatic rings. The van der Waals surface area contributed by atoms with Crippen LogP contribution in [0, 0.1) is 0 Å². The predicted octanol–water partition coefficient (Wildman–Crippen LogP) is 4.81. The summed E-state index contributed by atoms with van der Waals surface area (Å²) in [5.74, 6) is -0.0991. The Morgan fingerprint density at radius 2 is 1.96 bits per heavy atom. The first-order valence-corrected chi connectivity index (χ1v) is 9.66. The molecule has 1 aromatic heterocycles. The number of anilines is 1. The second-order valence-electron chi connectivity index (χ2n) is 6.13. The van der Waals surface area contributed by atoms with Crippen LogP contribution in [-0.4, -0.2) is 10.9 Å². The molecule has 134 valence electrons. The summed E-state index contributed by atoms with van der Waals surface area (Å²) in [6.07, 6.45) is 0.976. The molecule has 0 saturated heterocycles. The van der Waals surface area contributed by atoms with Crippen LogP contribution in [0.5, 0.6) is 0 Å². The van der Waals surface area contributed by atoms with Crippen molar-refractivity contribution in [1.29, 1.82) is 0 Å². The maximum Gasteiger partial charge on any atom is 0.255 e. The number of nitrogens with zero attached hydrogens (tertiary/aromatic N) is 1. The molecule has 0 aliphatic heterocycles. The van der Waals surface area contributed by atoms with Crippen LogP contribution < -0.4 is 10.6 Å². The van der Waals surface area contributed by atoms with E-state index in [0.717, 1.165) is 29.9 Å². The molecule has 2 aromatic carbocycles. The number of aromatic nitrogens is 1. The summed E-state index contributed by atoms with van der Waals surface area (Å²) < 4.78 is 0. The van der Waals surface area contributed by atoms with Crippen molar-refractivity contribution >= 4 is 22.9 Å². The van der Waals surface area contributed by atoms with Crippen molar-refractivity contribution in [3.63, 3.8) is 0 Å². The van der Waals surface area contributed by atoms with Crippen LogP contribution in [0.1, 0.15) is 46.5 Å². The minimum Gasteiger partial charge on any atom is -0.322 e. The zero-order valence-electron chi connectivity index (χ0n) is 15.0. The van der Waals surface area contributed by atoms with E-state index in [1.54, 1.807) is 11.3 Å². The maximum atomic E-state index is 12.3. The fourth-order valence-corrected chi connectivity index (χ4v) is 3.39. The van der Waals surface area contributed by atoms with Crippen LogP contribution in [-0.2, 0) is 13.0 Å². The fourth-order valence-electron chi connectivity index (χ4n) is 2.65. The molecule has 3 aromatic rings. The van der Waals surface area contributed by atoms with Gasteiger partial charge in [0.05, 0.1) is 10.7 Å². The molecule has 26 heavy (non-hydrogen) atoms. The Balaban J connectivity index is 1.61. The van der Waals surface area contributed by atoms with E-state index < -0.39 is 0 Å². The molecule has 5 heteroatoms. The zero-order valence-corrected chi connectivity index (χ0v) is 15.8. The Morgan fingerprint density at radius 3 is 2.69 bits per heavy atom. The molecule has 4 nitrogen and oxygen atoms in total. The van der Waals surface area contributed by atoms with Crippen molar-refractivity contribution < 1.29 is 4.79 Å². The predicted molar refractivity (Wildman–Crippen MR) is 108 cm³/mol. The summed E-state index contributed by atoms with van der Waals surface area (Å²) in [6, 6.07) is 17.3. The average molecular weight is 366 g/mol. The van der Waals surface area contributed by atoms with Crippen molar-refractivity contribution in [3.8, 4) is 0 Å². The lowest BCUT2D eigenvalue weighted by molar-refractivity contribution is 0.102. The van der Waals surface area contributed by atoms with Crippen molar-refractivity contribution in [2.24, 2.45) is 0 Å². The van der Waals surface area contributed by atoms with E-state index in [2.05, 4.69) is 40.9 Å². The first-order valence-electron chi connectivity index (χ1n) is 8.78. The van der Waals surface area contributed by atoms with Gasteiger partial charge >= 0.3 is 0 Å². The van der Waals surface area contributed by atoms with Gasteiger partial charge in [-0.15, -0.1) is 11.3 Å². The molecule has 1 heterocycles. The number of carbonyl (C=O) groups is 1. The third-order valence-corrected chi connectivity index (χ3v) is 5.21. The molecular weight excluding hydrogens is 342 g/mol. The number of hydrogen-bond donors (Lipinski definition) is 2. The molecule has 2 N–H and O–H groups in total. The van der Waals surface area contributed by atoms with Crippen molar-refractivity contribution in [2.75, 3.05) is 5.32 Å². The molecule has 0 fully saturated rings. The van der Waals surface area contributed by atoms with Gasteiger partial charge in [-0.3, -0.25) is 4.79 Å². The summed E-state index contributed by atoms with van der Waals surface area (Å²) in [6.45, 7) is 4.97. The highest BCUT2D eigenvalue weighted by molar-refractivity contribution is 7.09. The van der Waals surface area contributed by atoms with Gasteiger partial charge < -0.3 is 10.6 Å². The van der Waals surface area contributed by atoms with Crippen LogP contribution in [0.25, 0.3) is 0 Å². The van der Waals surface area contributed by atoms with Gasteiger partial charge in [-0.25, -0.2) is 4.98 Å². The summed E-state index contributed by atoms with van der Waals surface area (Å²) in [5.41, 5.74) is 3.65. The summed E-state index contributed by atoms with van der Waals surface area (Å²) in [7, 11) is 0. The van der Waals surface area contributed by atoms with E-state index in [-0.39, 0.29) is 11.9 Å². The third-order valence-electron chi connectivity index (χ3n) is 4.17. The lowest BCUT2D eigenvalue weighted by Crippen LogP contribution is -2.19. The molecule has 1 amide bonds. The fraction of sp³-hybridized carbons (Fsp3) is 0.238. The molecule has 0 spiro atoms. The molecule has 0 saturated carbocycles. The highest BCUT2D eigenvalue weighted by atomic mass is 32.1. The number of amides is 1. The lowest BCUT2D eigenvalue weighted by Gasteiger charge is -2.15. The number of aryl methyl sites for hydroxylation is 1. The molecule has 0 aliphatic carbocycles. The highest BCUT2D eigenvalue weighted by Gasteiger charge is 2.09. The van der Waals surface area contributed by atoms with E-state index in [4.69, 9.17) is 0 Å². The van der Waals surface area contributed by atoms with Gasteiger partial charge in [-0.2, -0.15) is 0 Å². The van der Waals surface area contributed by atoms with Gasteiger partial charge in [-0.1, -0.05) is 37.3 Å². The van der Waals surface area contributed by atoms with Gasteiger partial charge in [-0.05, 0) is 43.2 Å². The lowest BCUT2D eigenvalue weighted by atomic mass is 10.1. The average Bonchev–Trinajstić information content (AvgIpc) is 3.15. The second-order valence-corrected chi connectivity index (χ2v) is 7.08. The van der Waals surface area contributed by atoms with Gasteiger partial charge in [0.15, 0.2) is 0 Å². The summed E-state index contributed by atoms with van der Waals surface area (Å²) >= 11 is 1.71. The third kappa shape index (κ3) is 4.77. The number of thiazole rings is 1. The van der Waals surface area contributed by atoms with E-state index in [9.17, 15) is 4.79 Å². The second kappa shape index (κ2) is 8.74. The number of nitrogens with one attached hydrogen (secondary N) is 2. The summed E-state index contributed by atoms with van der Waals surface area (Å²) in [5, 5.41) is 9.73. The number of rotatable bonds is 7. The monoisotopic (exact) mass is 365 g/mol. The van der Waals surface area contributed by atoms with E-state index in [1.807, 2.05) is 48.5 Å². The highest BCUT2D eigenvalue weighted by Crippen LogP contribution is 2.19. The van der Waals surface area contributed by atoms with Crippen LogP contribution in [0.4, 0.5) is 5.69 Å². The van der Waals surface area contributed by atoms with Gasteiger partial charge in [0.25, 0.3) is 5.91 Å². The molecule has 1 atom stereocenters. The summed E-state index contributed by atoms with van der Waals surface area (Å²) in [4.78, 5) is 16.9. The molecule has 3 rings (SSSR count).